The van der Waals surface area contributed by atoms with Crippen LogP contribution in [-0.2, 0) is 22.6 Å². The number of carbonyl (C=O) groups excluding carboxylic acids is 1. The van der Waals surface area contributed by atoms with E-state index in [1.807, 2.05) is 36.1 Å². The monoisotopic (exact) mass is 438 g/mol. The summed E-state index contributed by atoms with van der Waals surface area (Å²) in [4.78, 5) is 18.5. The number of carbonyl (C=O) groups is 1. The molecule has 7 heteroatoms. The van der Waals surface area contributed by atoms with Crippen LogP contribution in [0, 0.1) is 0 Å². The number of likely N-dealkylation sites (tertiary alicyclic amines) is 1. The second-order valence-corrected chi connectivity index (χ2v) is 7.78. The lowest BCUT2D eigenvalue weighted by atomic mass is 10.1. The maximum atomic E-state index is 11.8. The number of aliphatic imine (C=N–C) groups is 1. The van der Waals surface area contributed by atoms with E-state index in [0.29, 0.717) is 32.7 Å². The normalized spacial score (nSPS) is 14.0. The number of nitrogens with one attached hydrogen (secondary N) is 2. The van der Waals surface area contributed by atoms with Gasteiger partial charge in [-0.15, -0.1) is 0 Å². The standard InChI is InChI=1S/C25H34N4O3/c1-3-26-25(28-22-7-4-8-23(17-22)32-16-6-15-31-2)27-18-20-10-12-21(13-11-20)19-29-14-5-9-24(29)30/h4,7-8,10-13,17H,3,5-6,9,14-16,18-19H2,1-2H3,(H2,26,27,28). The summed E-state index contributed by atoms with van der Waals surface area (Å²) >= 11 is 0. The quantitative estimate of drug-likeness (QED) is 0.317. The minimum Gasteiger partial charge on any atom is -0.493 e. The molecule has 1 aliphatic rings. The van der Waals surface area contributed by atoms with Crippen molar-refractivity contribution >= 4 is 17.6 Å². The molecule has 0 saturated carbocycles. The average molecular weight is 439 g/mol. The number of anilines is 1. The fourth-order valence-electron chi connectivity index (χ4n) is 3.51. The Morgan fingerprint density at radius 3 is 2.66 bits per heavy atom. The Kier molecular flexibility index (Phi) is 9.37. The molecular weight excluding hydrogens is 404 g/mol. The molecule has 0 spiro atoms. The van der Waals surface area contributed by atoms with E-state index in [0.717, 1.165) is 54.5 Å². The lowest BCUT2D eigenvalue weighted by Crippen LogP contribution is -2.30. The molecule has 0 aliphatic carbocycles. The highest BCUT2D eigenvalue weighted by atomic mass is 16.5. The van der Waals surface area contributed by atoms with Gasteiger partial charge in [-0.3, -0.25) is 4.79 Å². The second-order valence-electron chi connectivity index (χ2n) is 7.78. The lowest BCUT2D eigenvalue weighted by Gasteiger charge is -2.15. The Bertz CT molecular complexity index is 883. The summed E-state index contributed by atoms with van der Waals surface area (Å²) in [5.41, 5.74) is 3.19. The Morgan fingerprint density at radius 1 is 1.12 bits per heavy atom. The summed E-state index contributed by atoms with van der Waals surface area (Å²) < 4.78 is 10.8. The van der Waals surface area contributed by atoms with Crippen LogP contribution in [0.2, 0.25) is 0 Å². The van der Waals surface area contributed by atoms with Gasteiger partial charge in [0.25, 0.3) is 0 Å². The van der Waals surface area contributed by atoms with E-state index < -0.39 is 0 Å². The molecule has 7 nitrogen and oxygen atoms in total. The highest BCUT2D eigenvalue weighted by Crippen LogP contribution is 2.18. The Labute approximate surface area is 190 Å². The molecule has 3 rings (SSSR count). The summed E-state index contributed by atoms with van der Waals surface area (Å²) in [7, 11) is 1.69. The van der Waals surface area contributed by atoms with Crippen LogP contribution in [0.3, 0.4) is 0 Å². The smallest absolute Gasteiger partial charge is 0.222 e. The lowest BCUT2D eigenvalue weighted by molar-refractivity contribution is -0.128. The van der Waals surface area contributed by atoms with Crippen molar-refractivity contribution in [2.24, 2.45) is 4.99 Å². The van der Waals surface area contributed by atoms with Crippen LogP contribution in [0.15, 0.2) is 53.5 Å². The Morgan fingerprint density at radius 2 is 1.94 bits per heavy atom. The molecule has 1 heterocycles. The maximum Gasteiger partial charge on any atom is 0.222 e. The molecule has 0 aromatic heterocycles. The average Bonchev–Trinajstić information content (AvgIpc) is 3.21. The van der Waals surface area contributed by atoms with Crippen LogP contribution in [-0.4, -0.2) is 50.2 Å². The molecule has 172 valence electrons. The number of amides is 1. The highest BCUT2D eigenvalue weighted by Gasteiger charge is 2.19. The molecule has 2 aromatic rings. The highest BCUT2D eigenvalue weighted by molar-refractivity contribution is 5.93. The van der Waals surface area contributed by atoms with Gasteiger partial charge >= 0.3 is 0 Å². The molecule has 0 unspecified atom stereocenters. The van der Waals surface area contributed by atoms with Crippen molar-refractivity contribution < 1.29 is 14.3 Å². The zero-order valence-corrected chi connectivity index (χ0v) is 19.1. The van der Waals surface area contributed by atoms with Gasteiger partial charge in [0.1, 0.15) is 5.75 Å². The van der Waals surface area contributed by atoms with Crippen LogP contribution >= 0.6 is 0 Å². The topological polar surface area (TPSA) is 75.2 Å². The van der Waals surface area contributed by atoms with Gasteiger partial charge in [0, 0.05) is 57.9 Å². The fraction of sp³-hybridized carbons (Fsp3) is 0.440. The van der Waals surface area contributed by atoms with E-state index in [-0.39, 0.29) is 5.91 Å². The number of hydrogen-bond donors (Lipinski definition) is 2. The molecule has 1 aliphatic heterocycles. The van der Waals surface area contributed by atoms with Crippen molar-refractivity contribution in [3.63, 3.8) is 0 Å². The van der Waals surface area contributed by atoms with E-state index in [2.05, 4.69) is 34.9 Å². The maximum absolute atomic E-state index is 11.8. The molecule has 32 heavy (non-hydrogen) atoms. The first-order valence-corrected chi connectivity index (χ1v) is 11.3. The molecule has 1 amide bonds. The summed E-state index contributed by atoms with van der Waals surface area (Å²) in [6.45, 7) is 6.23. The van der Waals surface area contributed by atoms with Crippen molar-refractivity contribution in [3.8, 4) is 5.75 Å². The summed E-state index contributed by atoms with van der Waals surface area (Å²) in [5, 5.41) is 6.63. The summed E-state index contributed by atoms with van der Waals surface area (Å²) in [6.07, 6.45) is 2.50. The van der Waals surface area contributed by atoms with Crippen molar-refractivity contribution in [1.29, 1.82) is 0 Å². The van der Waals surface area contributed by atoms with Crippen LogP contribution in [0.5, 0.6) is 5.75 Å². The molecule has 2 aromatic carbocycles. The summed E-state index contributed by atoms with van der Waals surface area (Å²) in [6, 6.07) is 16.2. The van der Waals surface area contributed by atoms with Gasteiger partial charge in [-0.25, -0.2) is 4.99 Å². The number of hydrogen-bond acceptors (Lipinski definition) is 4. The van der Waals surface area contributed by atoms with Crippen LogP contribution < -0.4 is 15.4 Å². The summed E-state index contributed by atoms with van der Waals surface area (Å²) in [5.74, 6) is 1.79. The van der Waals surface area contributed by atoms with E-state index >= 15 is 0 Å². The SMILES string of the molecule is CCNC(=NCc1ccc(CN2CCCC2=O)cc1)Nc1cccc(OCCCOC)c1. The molecule has 0 bridgehead atoms. The fourth-order valence-corrected chi connectivity index (χ4v) is 3.51. The van der Waals surface area contributed by atoms with Gasteiger partial charge in [0.15, 0.2) is 5.96 Å². The van der Waals surface area contributed by atoms with E-state index in [1.54, 1.807) is 7.11 Å². The van der Waals surface area contributed by atoms with Gasteiger partial charge in [-0.2, -0.15) is 0 Å². The first-order chi connectivity index (χ1) is 15.7. The van der Waals surface area contributed by atoms with Crippen molar-refractivity contribution in [1.82, 2.24) is 10.2 Å². The molecule has 0 atom stereocenters. The van der Waals surface area contributed by atoms with Gasteiger partial charge in [-0.05, 0) is 36.6 Å². The van der Waals surface area contributed by atoms with Crippen molar-refractivity contribution in [2.45, 2.75) is 39.3 Å². The molecular formula is C25H34N4O3. The molecule has 1 saturated heterocycles. The Hall–Kier alpha value is -3.06. The van der Waals surface area contributed by atoms with Crippen molar-refractivity contribution in [2.75, 3.05) is 38.7 Å². The largest absolute Gasteiger partial charge is 0.493 e. The van der Waals surface area contributed by atoms with Gasteiger partial charge < -0.3 is 25.0 Å². The molecule has 0 radical (unpaired) electrons. The first kappa shape index (κ1) is 23.6. The number of methoxy groups -OCH3 is 1. The zero-order chi connectivity index (χ0) is 22.6. The van der Waals surface area contributed by atoms with Crippen molar-refractivity contribution in [3.05, 3.63) is 59.7 Å². The minimum absolute atomic E-state index is 0.254. The minimum atomic E-state index is 0.254. The number of ether oxygens (including phenoxy) is 2. The predicted molar refractivity (Wildman–Crippen MR) is 128 cm³/mol. The van der Waals surface area contributed by atoms with Crippen LogP contribution in [0.25, 0.3) is 0 Å². The van der Waals surface area contributed by atoms with Gasteiger partial charge in [0.05, 0.1) is 13.2 Å². The first-order valence-electron chi connectivity index (χ1n) is 11.3. The third-order valence-electron chi connectivity index (χ3n) is 5.19. The number of guanidine groups is 1. The Balaban J connectivity index is 1.56. The second kappa shape index (κ2) is 12.7. The zero-order valence-electron chi connectivity index (χ0n) is 19.1. The van der Waals surface area contributed by atoms with Gasteiger partial charge in [0.2, 0.25) is 5.91 Å². The van der Waals surface area contributed by atoms with Gasteiger partial charge in [-0.1, -0.05) is 30.3 Å². The van der Waals surface area contributed by atoms with E-state index in [4.69, 9.17) is 14.5 Å². The van der Waals surface area contributed by atoms with E-state index in [9.17, 15) is 4.79 Å². The predicted octanol–water partition coefficient (Wildman–Crippen LogP) is 3.80. The van der Waals surface area contributed by atoms with Crippen LogP contribution in [0.1, 0.15) is 37.3 Å². The van der Waals surface area contributed by atoms with Crippen LogP contribution in [0.4, 0.5) is 5.69 Å². The number of nitrogens with zero attached hydrogens (tertiary/aromatic N) is 2. The number of rotatable bonds is 11. The van der Waals surface area contributed by atoms with E-state index in [1.165, 1.54) is 0 Å². The third-order valence-corrected chi connectivity index (χ3v) is 5.19. The molecule has 2 N–H and O–H groups in total. The third kappa shape index (κ3) is 7.57. The molecule has 1 fully saturated rings. The number of benzene rings is 2.